The zero-order valence-corrected chi connectivity index (χ0v) is 14.9. The molecule has 128 valence electrons. The summed E-state index contributed by atoms with van der Waals surface area (Å²) in [5.74, 6) is 6.75. The minimum absolute atomic E-state index is 0.698. The van der Waals surface area contributed by atoms with Crippen LogP contribution in [-0.2, 0) is 6.42 Å². The van der Waals surface area contributed by atoms with Gasteiger partial charge < -0.3 is 10.7 Å². The first-order valence-corrected chi connectivity index (χ1v) is 8.96. The van der Waals surface area contributed by atoms with E-state index >= 15 is 0 Å². The van der Waals surface area contributed by atoms with Gasteiger partial charge >= 0.3 is 0 Å². The van der Waals surface area contributed by atoms with Crippen LogP contribution in [0.5, 0.6) is 0 Å². The van der Waals surface area contributed by atoms with Gasteiger partial charge in [0.25, 0.3) is 0 Å². The third kappa shape index (κ3) is 4.71. The molecule has 0 saturated heterocycles. The van der Waals surface area contributed by atoms with Crippen molar-refractivity contribution in [2.24, 2.45) is 17.5 Å². The number of nitrogens with two attached hydrogens (primary N) is 2. The molecule has 1 aromatic heterocycles. The molecule has 0 spiro atoms. The van der Waals surface area contributed by atoms with Crippen LogP contribution in [0.3, 0.4) is 0 Å². The van der Waals surface area contributed by atoms with Crippen LogP contribution in [0, 0.1) is 12.8 Å². The van der Waals surface area contributed by atoms with Gasteiger partial charge in [-0.1, -0.05) is 51.5 Å². The van der Waals surface area contributed by atoms with Crippen molar-refractivity contribution in [3.63, 3.8) is 0 Å². The Bertz CT molecular complexity index is 542. The van der Waals surface area contributed by atoms with E-state index in [1.54, 1.807) is 5.01 Å². The summed E-state index contributed by atoms with van der Waals surface area (Å²) >= 11 is 0. The van der Waals surface area contributed by atoms with E-state index in [1.165, 1.54) is 37.7 Å². The molecule has 1 saturated carbocycles. The zero-order valence-electron chi connectivity index (χ0n) is 14.9. The zero-order chi connectivity index (χ0) is 16.8. The van der Waals surface area contributed by atoms with E-state index in [9.17, 15) is 0 Å². The standard InChI is InChI=1S/C19H32N4/c1-4-8-18(23(3)21)19(20)17-12-11-16(14(2)22-17)13-15-9-6-5-7-10-15/h11-12,15H,4-10,13,20-21H2,1-3H3/b19-18-. The summed E-state index contributed by atoms with van der Waals surface area (Å²) in [6.07, 6.45) is 9.92. The highest BCUT2D eigenvalue weighted by Gasteiger charge is 2.16. The van der Waals surface area contributed by atoms with Crippen molar-refractivity contribution in [1.29, 1.82) is 0 Å². The maximum Gasteiger partial charge on any atom is 0.0880 e. The molecule has 1 aliphatic rings. The van der Waals surface area contributed by atoms with E-state index in [1.807, 2.05) is 7.05 Å². The van der Waals surface area contributed by atoms with Crippen LogP contribution in [0.15, 0.2) is 17.8 Å². The number of hydrogen-bond donors (Lipinski definition) is 2. The van der Waals surface area contributed by atoms with Gasteiger partial charge in [-0.25, -0.2) is 5.84 Å². The van der Waals surface area contributed by atoms with Gasteiger partial charge in [0.05, 0.1) is 17.1 Å². The highest BCUT2D eigenvalue weighted by atomic mass is 15.4. The number of hydrogen-bond acceptors (Lipinski definition) is 4. The van der Waals surface area contributed by atoms with Crippen molar-refractivity contribution in [2.45, 2.75) is 65.2 Å². The Morgan fingerprint density at radius 2 is 1.96 bits per heavy atom. The van der Waals surface area contributed by atoms with E-state index in [-0.39, 0.29) is 0 Å². The molecule has 0 aliphatic heterocycles. The normalized spacial score (nSPS) is 17.0. The molecule has 4 nitrogen and oxygen atoms in total. The second-order valence-electron chi connectivity index (χ2n) is 6.87. The topological polar surface area (TPSA) is 68.2 Å². The summed E-state index contributed by atoms with van der Waals surface area (Å²) in [4.78, 5) is 4.76. The van der Waals surface area contributed by atoms with Crippen molar-refractivity contribution in [3.05, 3.63) is 34.8 Å². The summed E-state index contributed by atoms with van der Waals surface area (Å²) in [6.45, 7) is 4.23. The van der Waals surface area contributed by atoms with Gasteiger partial charge in [-0.15, -0.1) is 0 Å². The molecule has 0 aromatic carbocycles. The SMILES string of the molecule is CCC/C(=C(/N)c1ccc(CC2CCCCC2)c(C)n1)N(C)N. The Hall–Kier alpha value is -1.55. The Morgan fingerprint density at radius 3 is 2.52 bits per heavy atom. The van der Waals surface area contributed by atoms with Crippen molar-refractivity contribution in [1.82, 2.24) is 9.99 Å². The summed E-state index contributed by atoms with van der Waals surface area (Å²) in [5, 5.41) is 1.62. The van der Waals surface area contributed by atoms with Gasteiger partial charge in [0.15, 0.2) is 0 Å². The Kier molecular flexibility index (Phi) is 6.46. The number of aromatic nitrogens is 1. The van der Waals surface area contributed by atoms with E-state index in [2.05, 4.69) is 26.0 Å². The van der Waals surface area contributed by atoms with Crippen molar-refractivity contribution in [2.75, 3.05) is 7.05 Å². The fourth-order valence-electron chi connectivity index (χ4n) is 3.54. The molecule has 4 heteroatoms. The van der Waals surface area contributed by atoms with Gasteiger partial charge in [0, 0.05) is 12.7 Å². The van der Waals surface area contributed by atoms with Gasteiger partial charge in [0.1, 0.15) is 0 Å². The van der Waals surface area contributed by atoms with Crippen molar-refractivity contribution >= 4 is 5.70 Å². The predicted molar refractivity (Wildman–Crippen MR) is 97.2 cm³/mol. The number of hydrazine groups is 1. The highest BCUT2D eigenvalue weighted by molar-refractivity contribution is 5.62. The molecule has 1 aliphatic carbocycles. The lowest BCUT2D eigenvalue weighted by molar-refractivity contribution is 0.356. The van der Waals surface area contributed by atoms with Gasteiger partial charge in [-0.05, 0) is 37.3 Å². The molecule has 0 amide bonds. The summed E-state index contributed by atoms with van der Waals surface area (Å²) < 4.78 is 0. The first kappa shape index (κ1) is 17.8. The number of rotatable bonds is 6. The molecule has 1 fully saturated rings. The van der Waals surface area contributed by atoms with Crippen molar-refractivity contribution < 1.29 is 0 Å². The van der Waals surface area contributed by atoms with Crippen LogP contribution >= 0.6 is 0 Å². The van der Waals surface area contributed by atoms with E-state index in [0.29, 0.717) is 5.70 Å². The minimum atomic E-state index is 0.698. The number of pyridine rings is 1. The molecule has 23 heavy (non-hydrogen) atoms. The molecule has 0 bridgehead atoms. The Labute approximate surface area is 140 Å². The van der Waals surface area contributed by atoms with Crippen LogP contribution in [0.1, 0.15) is 68.8 Å². The largest absolute Gasteiger partial charge is 0.396 e. The second kappa shape index (κ2) is 8.34. The summed E-state index contributed by atoms with van der Waals surface area (Å²) in [7, 11) is 1.84. The quantitative estimate of drug-likeness (QED) is 0.619. The lowest BCUT2D eigenvalue weighted by Crippen LogP contribution is -2.28. The molecule has 0 atom stereocenters. The molecule has 0 unspecified atom stereocenters. The fraction of sp³-hybridized carbons (Fsp3) is 0.632. The first-order valence-electron chi connectivity index (χ1n) is 8.96. The van der Waals surface area contributed by atoms with Gasteiger partial charge in [-0.2, -0.15) is 0 Å². The molecule has 1 heterocycles. The first-order chi connectivity index (χ1) is 11.0. The van der Waals surface area contributed by atoms with E-state index < -0.39 is 0 Å². The lowest BCUT2D eigenvalue weighted by Gasteiger charge is -2.22. The summed E-state index contributed by atoms with van der Waals surface area (Å²) in [5.41, 5.74) is 11.3. The Morgan fingerprint density at radius 1 is 1.26 bits per heavy atom. The number of nitrogens with zero attached hydrogens (tertiary/aromatic N) is 2. The predicted octanol–water partition coefficient (Wildman–Crippen LogP) is 3.75. The number of allylic oxidation sites excluding steroid dienone is 1. The third-order valence-corrected chi connectivity index (χ3v) is 4.93. The fourth-order valence-corrected chi connectivity index (χ4v) is 3.54. The molecule has 1 aromatic rings. The molecule has 4 N–H and O–H groups in total. The van der Waals surface area contributed by atoms with Crippen molar-refractivity contribution in [3.8, 4) is 0 Å². The number of aryl methyl sites for hydroxylation is 1. The van der Waals surface area contributed by atoms with E-state index in [0.717, 1.165) is 42.3 Å². The van der Waals surface area contributed by atoms with Crippen LogP contribution in [0.25, 0.3) is 5.70 Å². The smallest absolute Gasteiger partial charge is 0.0880 e. The minimum Gasteiger partial charge on any atom is -0.396 e. The van der Waals surface area contributed by atoms with Crippen LogP contribution in [0.2, 0.25) is 0 Å². The van der Waals surface area contributed by atoms with Gasteiger partial charge in [-0.3, -0.25) is 4.98 Å². The van der Waals surface area contributed by atoms with Crippen LogP contribution < -0.4 is 11.6 Å². The highest BCUT2D eigenvalue weighted by Crippen LogP contribution is 2.28. The average molecular weight is 316 g/mol. The molecular formula is C19H32N4. The van der Waals surface area contributed by atoms with E-state index in [4.69, 9.17) is 16.6 Å². The van der Waals surface area contributed by atoms with Gasteiger partial charge in [0.2, 0.25) is 0 Å². The molecular weight excluding hydrogens is 284 g/mol. The average Bonchev–Trinajstić information content (AvgIpc) is 2.54. The molecule has 2 rings (SSSR count). The summed E-state index contributed by atoms with van der Waals surface area (Å²) in [6, 6.07) is 4.26. The monoisotopic (exact) mass is 316 g/mol. The lowest BCUT2D eigenvalue weighted by atomic mass is 9.84. The second-order valence-corrected chi connectivity index (χ2v) is 6.87. The molecule has 0 radical (unpaired) electrons. The maximum absolute atomic E-state index is 6.32. The van der Waals surface area contributed by atoms with Crippen LogP contribution in [-0.4, -0.2) is 17.0 Å². The Balaban J connectivity index is 2.18. The maximum atomic E-state index is 6.32. The van der Waals surface area contributed by atoms with Crippen LogP contribution in [0.4, 0.5) is 0 Å². The third-order valence-electron chi connectivity index (χ3n) is 4.93.